The van der Waals surface area contributed by atoms with Gasteiger partial charge in [-0.05, 0) is 56.2 Å². The molecule has 1 amide bonds. The highest BCUT2D eigenvalue weighted by atomic mass is 32.2. The summed E-state index contributed by atoms with van der Waals surface area (Å²) < 4.78 is 29.3. The van der Waals surface area contributed by atoms with Crippen LogP contribution in [0.5, 0.6) is 5.75 Å². The number of carbonyl (C=O) groups excluding carboxylic acids is 2. The van der Waals surface area contributed by atoms with E-state index in [1.807, 2.05) is 0 Å². The lowest BCUT2D eigenvalue weighted by atomic mass is 9.88. The summed E-state index contributed by atoms with van der Waals surface area (Å²) in [7, 11) is -3.10. The number of aliphatic hydroxyl groups is 1. The molecule has 4 rings (SSSR count). The van der Waals surface area contributed by atoms with Gasteiger partial charge in [0.25, 0.3) is 5.91 Å². The standard InChI is InChI=1S/C25H32N2O6S2/c1-15-6-7-21-22(10-15)34-25(23(21)24(30)27-18-8-9-35(31,32)14-18)26-12-19(29)13-33-20-5-3-4-17(11-20)16(2)28/h3-5,11,15,18-19,26,29H,6-10,12-14H2,1-2H3,(H,27,30). The molecule has 1 aromatic carbocycles. The smallest absolute Gasteiger partial charge is 0.254 e. The molecule has 3 N–H and O–H groups in total. The highest BCUT2D eigenvalue weighted by Gasteiger charge is 2.32. The SMILES string of the molecule is CC(=O)c1cccc(OCC(O)CNc2sc3c(c2C(=O)NC2CCS(=O)(=O)C2)CCC(C)C3)c1. The van der Waals surface area contributed by atoms with Crippen LogP contribution in [0, 0.1) is 5.92 Å². The normalized spacial score (nSPS) is 21.7. The Balaban J connectivity index is 1.42. The van der Waals surface area contributed by atoms with Crippen molar-refractivity contribution in [3.63, 3.8) is 0 Å². The number of fused-ring (bicyclic) bond motifs is 1. The van der Waals surface area contributed by atoms with Crippen molar-refractivity contribution in [3.8, 4) is 5.75 Å². The second-order valence-corrected chi connectivity index (χ2v) is 12.9. The molecule has 1 aromatic heterocycles. The van der Waals surface area contributed by atoms with Crippen molar-refractivity contribution >= 4 is 37.9 Å². The molecule has 35 heavy (non-hydrogen) atoms. The Labute approximate surface area is 210 Å². The van der Waals surface area contributed by atoms with E-state index in [1.165, 1.54) is 23.1 Å². The van der Waals surface area contributed by atoms with Crippen LogP contribution in [-0.2, 0) is 22.7 Å². The number of carbonyl (C=O) groups is 2. The molecule has 0 spiro atoms. The number of Topliss-reactive ketones (excluding diaryl/α,β-unsaturated/α-hetero) is 1. The van der Waals surface area contributed by atoms with Crippen LogP contribution in [-0.4, -0.2) is 62.0 Å². The molecule has 1 fully saturated rings. The minimum atomic E-state index is -3.10. The number of rotatable bonds is 9. The van der Waals surface area contributed by atoms with Gasteiger partial charge in [0.15, 0.2) is 15.6 Å². The number of nitrogens with one attached hydrogen (secondary N) is 2. The van der Waals surface area contributed by atoms with Crippen molar-refractivity contribution in [3.05, 3.63) is 45.8 Å². The molecule has 10 heteroatoms. The lowest BCUT2D eigenvalue weighted by Crippen LogP contribution is -2.36. The lowest BCUT2D eigenvalue weighted by Gasteiger charge is -2.19. The fraction of sp³-hybridized carbons (Fsp3) is 0.520. The number of anilines is 1. The highest BCUT2D eigenvalue weighted by Crippen LogP contribution is 2.39. The maximum Gasteiger partial charge on any atom is 0.254 e. The fourth-order valence-electron chi connectivity index (χ4n) is 4.55. The first-order valence-corrected chi connectivity index (χ1v) is 14.6. The first-order chi connectivity index (χ1) is 16.6. The maximum atomic E-state index is 13.2. The largest absolute Gasteiger partial charge is 0.491 e. The molecular formula is C25H32N2O6S2. The van der Waals surface area contributed by atoms with Gasteiger partial charge >= 0.3 is 0 Å². The molecule has 0 saturated carbocycles. The van der Waals surface area contributed by atoms with E-state index in [1.54, 1.807) is 24.3 Å². The van der Waals surface area contributed by atoms with Crippen molar-refractivity contribution in [1.29, 1.82) is 0 Å². The molecule has 0 radical (unpaired) electrons. The van der Waals surface area contributed by atoms with E-state index in [4.69, 9.17) is 4.74 Å². The summed E-state index contributed by atoms with van der Waals surface area (Å²) in [5, 5.41) is 17.3. The van der Waals surface area contributed by atoms with Gasteiger partial charge in [0, 0.05) is 23.0 Å². The van der Waals surface area contributed by atoms with Gasteiger partial charge in [-0.1, -0.05) is 19.1 Å². The van der Waals surface area contributed by atoms with Crippen molar-refractivity contribution < 1.29 is 27.9 Å². The molecule has 8 nitrogen and oxygen atoms in total. The van der Waals surface area contributed by atoms with Gasteiger partial charge < -0.3 is 20.5 Å². The number of hydrogen-bond acceptors (Lipinski definition) is 8. The van der Waals surface area contributed by atoms with Crippen LogP contribution in [0.4, 0.5) is 5.00 Å². The zero-order valence-corrected chi connectivity index (χ0v) is 21.6. The second-order valence-electron chi connectivity index (χ2n) is 9.56. The lowest BCUT2D eigenvalue weighted by molar-refractivity contribution is 0.0939. The molecule has 2 aromatic rings. The fourth-order valence-corrected chi connectivity index (χ4v) is 7.64. The Morgan fingerprint density at radius 1 is 1.29 bits per heavy atom. The van der Waals surface area contributed by atoms with E-state index in [-0.39, 0.29) is 42.4 Å². The Bertz CT molecular complexity index is 1210. The second kappa shape index (κ2) is 10.7. The molecular weight excluding hydrogens is 488 g/mol. The van der Waals surface area contributed by atoms with Gasteiger partial charge in [-0.3, -0.25) is 9.59 Å². The number of hydrogen-bond donors (Lipinski definition) is 3. The van der Waals surface area contributed by atoms with Gasteiger partial charge in [-0.25, -0.2) is 8.42 Å². The molecule has 3 unspecified atom stereocenters. The summed E-state index contributed by atoms with van der Waals surface area (Å²) in [6.07, 6.45) is 2.29. The Hall–Kier alpha value is -2.43. The zero-order valence-electron chi connectivity index (χ0n) is 20.0. The van der Waals surface area contributed by atoms with E-state index >= 15 is 0 Å². The van der Waals surface area contributed by atoms with Crippen LogP contribution in [0.25, 0.3) is 0 Å². The monoisotopic (exact) mass is 520 g/mol. The number of ketones is 1. The topological polar surface area (TPSA) is 122 Å². The first kappa shape index (κ1) is 25.7. The number of benzene rings is 1. The van der Waals surface area contributed by atoms with Crippen LogP contribution < -0.4 is 15.4 Å². The van der Waals surface area contributed by atoms with Gasteiger partial charge in [-0.2, -0.15) is 0 Å². The van der Waals surface area contributed by atoms with E-state index in [0.717, 1.165) is 24.8 Å². The summed E-state index contributed by atoms with van der Waals surface area (Å²) in [5.74, 6) is 0.803. The third kappa shape index (κ3) is 6.42. The van der Waals surface area contributed by atoms with Crippen LogP contribution >= 0.6 is 11.3 Å². The predicted octanol–water partition coefficient (Wildman–Crippen LogP) is 2.84. The van der Waals surface area contributed by atoms with Crippen molar-refractivity contribution in [2.24, 2.45) is 5.92 Å². The van der Waals surface area contributed by atoms with Crippen LogP contribution in [0.2, 0.25) is 0 Å². The van der Waals surface area contributed by atoms with E-state index in [0.29, 0.717) is 34.2 Å². The quantitative estimate of drug-likeness (QED) is 0.435. The van der Waals surface area contributed by atoms with E-state index < -0.39 is 15.9 Å². The molecule has 1 aliphatic carbocycles. The van der Waals surface area contributed by atoms with Crippen molar-refractivity contribution in [2.75, 3.05) is 30.0 Å². The highest BCUT2D eigenvalue weighted by molar-refractivity contribution is 7.91. The molecule has 1 aliphatic heterocycles. The number of thiophene rings is 1. The average molecular weight is 521 g/mol. The van der Waals surface area contributed by atoms with E-state index in [9.17, 15) is 23.1 Å². The average Bonchev–Trinajstić information content (AvgIpc) is 3.34. The third-order valence-electron chi connectivity index (χ3n) is 6.49. The molecule has 1 saturated heterocycles. The summed E-state index contributed by atoms with van der Waals surface area (Å²) in [6.45, 7) is 3.89. The predicted molar refractivity (Wildman–Crippen MR) is 136 cm³/mol. The molecule has 190 valence electrons. The first-order valence-electron chi connectivity index (χ1n) is 11.9. The van der Waals surface area contributed by atoms with Crippen LogP contribution in [0.3, 0.4) is 0 Å². The Morgan fingerprint density at radius 2 is 2.09 bits per heavy atom. The Morgan fingerprint density at radius 3 is 2.80 bits per heavy atom. The van der Waals surface area contributed by atoms with Gasteiger partial charge in [0.1, 0.15) is 23.5 Å². The molecule has 2 heterocycles. The van der Waals surface area contributed by atoms with Gasteiger partial charge in [-0.15, -0.1) is 11.3 Å². The van der Waals surface area contributed by atoms with Gasteiger partial charge in [0.2, 0.25) is 0 Å². The number of amides is 1. The van der Waals surface area contributed by atoms with Crippen LogP contribution in [0.1, 0.15) is 57.8 Å². The summed E-state index contributed by atoms with van der Waals surface area (Å²) in [4.78, 5) is 26.0. The van der Waals surface area contributed by atoms with E-state index in [2.05, 4.69) is 17.6 Å². The Kier molecular flexibility index (Phi) is 7.83. The summed E-state index contributed by atoms with van der Waals surface area (Å²) >= 11 is 1.53. The number of sulfone groups is 1. The molecule has 0 bridgehead atoms. The van der Waals surface area contributed by atoms with Crippen molar-refractivity contribution in [1.82, 2.24) is 5.32 Å². The minimum Gasteiger partial charge on any atom is -0.491 e. The number of aliphatic hydroxyl groups excluding tert-OH is 1. The van der Waals surface area contributed by atoms with Crippen LogP contribution in [0.15, 0.2) is 24.3 Å². The molecule has 3 atom stereocenters. The summed E-state index contributed by atoms with van der Waals surface area (Å²) in [6, 6.07) is 6.44. The number of ether oxygens (including phenoxy) is 1. The summed E-state index contributed by atoms with van der Waals surface area (Å²) in [5.41, 5.74) is 2.14. The van der Waals surface area contributed by atoms with Gasteiger partial charge in [0.05, 0.1) is 17.1 Å². The molecule has 2 aliphatic rings. The zero-order chi connectivity index (χ0) is 25.2. The minimum absolute atomic E-state index is 0.0221. The third-order valence-corrected chi connectivity index (χ3v) is 9.47. The van der Waals surface area contributed by atoms with Crippen molar-refractivity contribution in [2.45, 2.75) is 51.7 Å². The maximum absolute atomic E-state index is 13.2.